The molecular weight excluding hydrogens is 372 g/mol. The molecular formula is C20H18N6OS. The number of ketones is 1. The summed E-state index contributed by atoms with van der Waals surface area (Å²) in [5, 5.41) is 18.4. The summed E-state index contributed by atoms with van der Waals surface area (Å²) in [5.74, 6) is 6.99. The molecule has 0 unspecified atom stereocenters. The summed E-state index contributed by atoms with van der Waals surface area (Å²) in [7, 11) is 0. The number of hydrogen-bond donors (Lipinski definition) is 2. The Labute approximate surface area is 165 Å². The fourth-order valence-corrected chi connectivity index (χ4v) is 4.37. The maximum Gasteiger partial charge on any atom is 0.210 e. The average Bonchev–Trinajstić information content (AvgIpc) is 3.42. The Balaban J connectivity index is 1.34. The number of aryl methyl sites for hydroxylation is 1. The molecule has 28 heavy (non-hydrogen) atoms. The lowest BCUT2D eigenvalue weighted by atomic mass is 10.1. The molecule has 0 aliphatic heterocycles. The molecule has 0 bridgehead atoms. The predicted molar refractivity (Wildman–Crippen MR) is 109 cm³/mol. The maximum absolute atomic E-state index is 12.6. The van der Waals surface area contributed by atoms with Crippen LogP contribution in [0.3, 0.4) is 0 Å². The van der Waals surface area contributed by atoms with E-state index in [1.807, 2.05) is 42.5 Å². The van der Waals surface area contributed by atoms with Crippen LogP contribution in [0.1, 0.15) is 28.0 Å². The molecule has 8 heteroatoms. The molecule has 1 aliphatic rings. The number of nitrogen functional groups attached to an aromatic ring is 1. The number of rotatable bonds is 5. The first-order chi connectivity index (χ1) is 13.7. The largest absolute Gasteiger partial charge is 0.335 e. The van der Waals surface area contributed by atoms with E-state index in [9.17, 15) is 4.79 Å². The number of nitrogens with one attached hydrogen (secondary N) is 1. The van der Waals surface area contributed by atoms with Crippen molar-refractivity contribution in [3.8, 4) is 11.5 Å². The molecule has 0 amide bonds. The van der Waals surface area contributed by atoms with Crippen LogP contribution < -0.4 is 5.84 Å². The van der Waals surface area contributed by atoms with E-state index in [1.165, 1.54) is 22.0 Å². The van der Waals surface area contributed by atoms with Crippen molar-refractivity contribution >= 4 is 28.3 Å². The first kappa shape index (κ1) is 17.0. The van der Waals surface area contributed by atoms with Gasteiger partial charge in [-0.05, 0) is 36.1 Å². The van der Waals surface area contributed by atoms with Crippen molar-refractivity contribution in [3.63, 3.8) is 0 Å². The summed E-state index contributed by atoms with van der Waals surface area (Å²) in [4.78, 5) is 12.6. The number of aromatic amines is 1. The van der Waals surface area contributed by atoms with Crippen LogP contribution in [0.2, 0.25) is 0 Å². The van der Waals surface area contributed by atoms with E-state index in [1.54, 1.807) is 0 Å². The number of carbonyl (C=O) groups is 1. The van der Waals surface area contributed by atoms with E-state index < -0.39 is 0 Å². The van der Waals surface area contributed by atoms with Gasteiger partial charge in [0.15, 0.2) is 5.78 Å². The molecule has 5 rings (SSSR count). The van der Waals surface area contributed by atoms with Crippen LogP contribution in [0.15, 0.2) is 47.6 Å². The average molecular weight is 390 g/mol. The van der Waals surface area contributed by atoms with Gasteiger partial charge in [-0.3, -0.25) is 9.89 Å². The van der Waals surface area contributed by atoms with Gasteiger partial charge in [-0.1, -0.05) is 48.2 Å². The van der Waals surface area contributed by atoms with Gasteiger partial charge in [-0.25, -0.2) is 4.68 Å². The Kier molecular flexibility index (Phi) is 4.12. The van der Waals surface area contributed by atoms with Gasteiger partial charge in [-0.15, -0.1) is 10.2 Å². The number of hydrogen-bond acceptors (Lipinski definition) is 6. The topological polar surface area (TPSA) is 102 Å². The predicted octanol–water partition coefficient (Wildman–Crippen LogP) is 3.00. The number of nitrogens with two attached hydrogens (primary N) is 1. The smallest absolute Gasteiger partial charge is 0.210 e. The van der Waals surface area contributed by atoms with E-state index in [0.29, 0.717) is 16.5 Å². The monoisotopic (exact) mass is 390 g/mol. The zero-order valence-corrected chi connectivity index (χ0v) is 15.9. The summed E-state index contributed by atoms with van der Waals surface area (Å²) < 4.78 is 1.42. The first-order valence-corrected chi connectivity index (χ1v) is 10.1. The molecule has 0 spiro atoms. The van der Waals surface area contributed by atoms with Crippen LogP contribution >= 0.6 is 11.8 Å². The molecule has 4 aromatic rings. The zero-order chi connectivity index (χ0) is 19.1. The van der Waals surface area contributed by atoms with Crippen molar-refractivity contribution in [3.05, 3.63) is 59.3 Å². The molecule has 2 aromatic heterocycles. The van der Waals surface area contributed by atoms with Gasteiger partial charge in [0.1, 0.15) is 5.69 Å². The number of aromatic nitrogens is 5. The number of carbonyl (C=O) groups excluding carboxylic acids is 1. The molecule has 140 valence electrons. The quantitative estimate of drug-likeness (QED) is 0.308. The summed E-state index contributed by atoms with van der Waals surface area (Å²) in [6.07, 6.45) is 3.08. The third-order valence-electron chi connectivity index (χ3n) is 5.09. The molecule has 0 saturated carbocycles. The summed E-state index contributed by atoms with van der Waals surface area (Å²) in [6.45, 7) is 0. The molecule has 2 aromatic carbocycles. The van der Waals surface area contributed by atoms with E-state index in [4.69, 9.17) is 5.84 Å². The molecule has 7 nitrogen and oxygen atoms in total. The number of Topliss-reactive ketones (excluding diaryl/α,β-unsaturated/α-hetero) is 1. The van der Waals surface area contributed by atoms with Crippen molar-refractivity contribution in [1.29, 1.82) is 0 Å². The van der Waals surface area contributed by atoms with Crippen LogP contribution in [0.4, 0.5) is 0 Å². The number of thioether (sulfide) groups is 1. The van der Waals surface area contributed by atoms with Crippen LogP contribution in [0.5, 0.6) is 0 Å². The maximum atomic E-state index is 12.6. The number of benzene rings is 2. The highest BCUT2D eigenvalue weighted by molar-refractivity contribution is 7.99. The van der Waals surface area contributed by atoms with E-state index in [2.05, 4.69) is 20.4 Å². The van der Waals surface area contributed by atoms with Crippen LogP contribution in [0.25, 0.3) is 22.3 Å². The third kappa shape index (κ3) is 2.86. The zero-order valence-electron chi connectivity index (χ0n) is 15.1. The summed E-state index contributed by atoms with van der Waals surface area (Å²) in [5.41, 5.74) is 3.76. The second kappa shape index (κ2) is 6.79. The van der Waals surface area contributed by atoms with E-state index in [0.717, 1.165) is 41.4 Å². The van der Waals surface area contributed by atoms with Crippen molar-refractivity contribution in [2.75, 3.05) is 11.6 Å². The normalized spacial score (nSPS) is 13.1. The lowest BCUT2D eigenvalue weighted by Gasteiger charge is -2.04. The molecule has 0 atom stereocenters. The Hall–Kier alpha value is -3.13. The lowest BCUT2D eigenvalue weighted by Crippen LogP contribution is -2.13. The fourth-order valence-electron chi connectivity index (χ4n) is 3.62. The van der Waals surface area contributed by atoms with Gasteiger partial charge >= 0.3 is 0 Å². The van der Waals surface area contributed by atoms with Crippen LogP contribution in [-0.4, -0.2) is 36.6 Å². The SMILES string of the molecule is Nn1c(SCC(=O)c2ccc3ccccc3c2)nnc1-c1n[nH]c2c1CCC2. The molecule has 3 N–H and O–H groups in total. The summed E-state index contributed by atoms with van der Waals surface area (Å²) >= 11 is 1.28. The standard InChI is InChI=1S/C20H18N6OS/c21-26-19(18-15-6-3-7-16(15)22-23-18)24-25-20(26)28-11-17(27)14-9-8-12-4-1-2-5-13(12)10-14/h1-2,4-5,8-10H,3,6-7,11,21H2,(H,22,23). The lowest BCUT2D eigenvalue weighted by molar-refractivity contribution is 0.102. The first-order valence-electron chi connectivity index (χ1n) is 9.12. The van der Waals surface area contributed by atoms with Gasteiger partial charge in [0.2, 0.25) is 11.0 Å². The number of fused-ring (bicyclic) bond motifs is 2. The van der Waals surface area contributed by atoms with Crippen molar-refractivity contribution < 1.29 is 4.79 Å². The molecule has 0 saturated heterocycles. The molecule has 2 heterocycles. The minimum Gasteiger partial charge on any atom is -0.335 e. The van der Waals surface area contributed by atoms with Gasteiger partial charge < -0.3 is 5.84 Å². The molecule has 1 aliphatic carbocycles. The van der Waals surface area contributed by atoms with Crippen LogP contribution in [-0.2, 0) is 12.8 Å². The highest BCUT2D eigenvalue weighted by atomic mass is 32.2. The minimum absolute atomic E-state index is 0.0287. The van der Waals surface area contributed by atoms with Crippen molar-refractivity contribution in [2.24, 2.45) is 0 Å². The summed E-state index contributed by atoms with van der Waals surface area (Å²) in [6, 6.07) is 13.7. The van der Waals surface area contributed by atoms with Gasteiger partial charge in [-0.2, -0.15) is 5.10 Å². The van der Waals surface area contributed by atoms with Crippen molar-refractivity contribution in [1.82, 2.24) is 25.1 Å². The fraction of sp³-hybridized carbons (Fsp3) is 0.200. The Morgan fingerprint density at radius 1 is 1.14 bits per heavy atom. The Morgan fingerprint density at radius 3 is 2.89 bits per heavy atom. The van der Waals surface area contributed by atoms with Gasteiger partial charge in [0.25, 0.3) is 0 Å². The number of nitrogens with zero attached hydrogens (tertiary/aromatic N) is 4. The van der Waals surface area contributed by atoms with Crippen molar-refractivity contribution in [2.45, 2.75) is 24.4 Å². The van der Waals surface area contributed by atoms with Crippen LogP contribution in [0, 0.1) is 0 Å². The second-order valence-electron chi connectivity index (χ2n) is 6.83. The highest BCUT2D eigenvalue weighted by Crippen LogP contribution is 2.30. The Bertz CT molecular complexity index is 1190. The minimum atomic E-state index is 0.0287. The second-order valence-corrected chi connectivity index (χ2v) is 7.78. The molecule has 0 fully saturated rings. The van der Waals surface area contributed by atoms with E-state index in [-0.39, 0.29) is 11.5 Å². The van der Waals surface area contributed by atoms with Gasteiger partial charge in [0, 0.05) is 16.8 Å². The van der Waals surface area contributed by atoms with Gasteiger partial charge in [0.05, 0.1) is 5.75 Å². The molecule has 0 radical (unpaired) electrons. The Morgan fingerprint density at radius 2 is 2.00 bits per heavy atom. The van der Waals surface area contributed by atoms with E-state index >= 15 is 0 Å². The number of H-pyrrole nitrogens is 1. The third-order valence-corrected chi connectivity index (χ3v) is 6.03. The highest BCUT2D eigenvalue weighted by Gasteiger charge is 2.24.